The molecule has 0 spiro atoms. The third kappa shape index (κ3) is 1.59. The van der Waals surface area contributed by atoms with Crippen LogP contribution in [-0.4, -0.2) is 12.4 Å². The fourth-order valence-corrected chi connectivity index (χ4v) is 2.11. The smallest absolute Gasteiger partial charge is 0.0934 e. The van der Waals surface area contributed by atoms with Crippen LogP contribution in [0.3, 0.4) is 0 Å². The van der Waals surface area contributed by atoms with Crippen molar-refractivity contribution in [3.63, 3.8) is 0 Å². The number of hydrogen-bond donors (Lipinski definition) is 1. The zero-order valence-electron chi connectivity index (χ0n) is 9.52. The average Bonchev–Trinajstić information content (AvgIpc) is 2.40. The third-order valence-corrected chi connectivity index (χ3v) is 4.16. The molecule has 76 valence electrons. The summed E-state index contributed by atoms with van der Waals surface area (Å²) in [4.78, 5) is 4.39. The number of nitrogens with zero attached hydrogens (tertiary/aromatic N) is 1. The quantitative estimate of drug-likeness (QED) is 0.528. The molecule has 0 aliphatic heterocycles. The number of hydrogen-bond acceptors (Lipinski definition) is 1. The molecule has 1 fully saturated rings. The first-order valence-corrected chi connectivity index (χ1v) is 5.12. The van der Waals surface area contributed by atoms with E-state index in [1.807, 2.05) is 6.92 Å². The van der Waals surface area contributed by atoms with Gasteiger partial charge in [0.1, 0.15) is 0 Å². The van der Waals surface area contributed by atoms with E-state index in [1.54, 1.807) is 0 Å². The summed E-state index contributed by atoms with van der Waals surface area (Å²) in [6.45, 7) is 12.2. The molecule has 2 nitrogen and oxygen atoms in total. The second-order valence-corrected chi connectivity index (χ2v) is 5.18. The zero-order chi connectivity index (χ0) is 10.3. The zero-order valence-corrected chi connectivity index (χ0v) is 9.52. The average molecular weight is 182 g/mol. The van der Waals surface area contributed by atoms with Gasteiger partial charge in [0.15, 0.2) is 0 Å². The molecule has 1 aliphatic carbocycles. The highest BCUT2D eigenvalue weighted by Gasteiger charge is 2.64. The van der Waals surface area contributed by atoms with E-state index in [9.17, 15) is 0 Å². The van der Waals surface area contributed by atoms with Gasteiger partial charge in [0.25, 0.3) is 0 Å². The second kappa shape index (κ2) is 3.00. The summed E-state index contributed by atoms with van der Waals surface area (Å²) < 4.78 is 0. The molecule has 1 rings (SSSR count). The van der Waals surface area contributed by atoms with Gasteiger partial charge in [-0.1, -0.05) is 34.6 Å². The molecule has 0 heterocycles. The normalized spacial score (nSPS) is 26.1. The fourth-order valence-electron chi connectivity index (χ4n) is 2.11. The maximum absolute atomic E-state index is 5.68. The minimum atomic E-state index is 0.435. The molecule has 0 aromatic heterocycles. The second-order valence-electron chi connectivity index (χ2n) is 5.18. The SMILES string of the molecule is CCC(N)=NCC1C(C)(C)C1(C)C. The van der Waals surface area contributed by atoms with Crippen LogP contribution in [0, 0.1) is 16.7 Å². The van der Waals surface area contributed by atoms with Crippen molar-refractivity contribution in [2.24, 2.45) is 27.5 Å². The lowest BCUT2D eigenvalue weighted by atomic mass is 10.0. The molecular weight excluding hydrogens is 160 g/mol. The number of rotatable bonds is 3. The Hall–Kier alpha value is -0.530. The highest BCUT2D eigenvalue weighted by Crippen LogP contribution is 2.68. The number of nitrogens with two attached hydrogens (primary N) is 1. The summed E-state index contributed by atoms with van der Waals surface area (Å²) in [7, 11) is 0. The Morgan fingerprint density at radius 3 is 2.00 bits per heavy atom. The van der Waals surface area contributed by atoms with Crippen LogP contribution in [-0.2, 0) is 0 Å². The first kappa shape index (κ1) is 10.6. The summed E-state index contributed by atoms with van der Waals surface area (Å²) in [5.41, 5.74) is 6.55. The third-order valence-electron chi connectivity index (χ3n) is 4.16. The van der Waals surface area contributed by atoms with Crippen LogP contribution in [0.5, 0.6) is 0 Å². The molecule has 1 aliphatic rings. The van der Waals surface area contributed by atoms with Gasteiger partial charge in [-0.3, -0.25) is 4.99 Å². The molecule has 0 aromatic carbocycles. The summed E-state index contributed by atoms with van der Waals surface area (Å²) in [5.74, 6) is 1.49. The summed E-state index contributed by atoms with van der Waals surface area (Å²) in [6.07, 6.45) is 0.869. The maximum Gasteiger partial charge on any atom is 0.0934 e. The van der Waals surface area contributed by atoms with Crippen LogP contribution in [0.1, 0.15) is 41.0 Å². The maximum atomic E-state index is 5.68. The first-order chi connectivity index (χ1) is 5.84. The van der Waals surface area contributed by atoms with E-state index in [1.165, 1.54) is 0 Å². The largest absolute Gasteiger partial charge is 0.387 e. The van der Waals surface area contributed by atoms with Gasteiger partial charge < -0.3 is 5.73 Å². The minimum absolute atomic E-state index is 0.435. The topological polar surface area (TPSA) is 38.4 Å². The molecule has 0 bridgehead atoms. The van der Waals surface area contributed by atoms with Gasteiger partial charge in [-0.2, -0.15) is 0 Å². The van der Waals surface area contributed by atoms with E-state index < -0.39 is 0 Å². The van der Waals surface area contributed by atoms with E-state index in [2.05, 4.69) is 32.7 Å². The van der Waals surface area contributed by atoms with Gasteiger partial charge in [-0.15, -0.1) is 0 Å². The minimum Gasteiger partial charge on any atom is -0.387 e. The van der Waals surface area contributed by atoms with Gasteiger partial charge in [-0.05, 0) is 16.7 Å². The predicted octanol–water partition coefficient (Wildman–Crippen LogP) is 2.44. The fraction of sp³-hybridized carbons (Fsp3) is 0.909. The standard InChI is InChI=1S/C11H22N2/c1-6-9(12)13-7-8-10(2,3)11(8,4)5/h8H,6-7H2,1-5H3,(H2,12,13). The van der Waals surface area contributed by atoms with Crippen LogP contribution in [0.15, 0.2) is 4.99 Å². The van der Waals surface area contributed by atoms with Gasteiger partial charge in [0.2, 0.25) is 0 Å². The lowest BCUT2D eigenvalue weighted by molar-refractivity contribution is 0.457. The molecule has 0 atom stereocenters. The van der Waals surface area contributed by atoms with Gasteiger partial charge in [0.05, 0.1) is 5.84 Å². The molecule has 0 unspecified atom stereocenters. The van der Waals surface area contributed by atoms with Crippen molar-refractivity contribution in [3.05, 3.63) is 0 Å². The van der Waals surface area contributed by atoms with Crippen molar-refractivity contribution in [2.45, 2.75) is 41.0 Å². The van der Waals surface area contributed by atoms with Crippen molar-refractivity contribution >= 4 is 5.84 Å². The van der Waals surface area contributed by atoms with Crippen LogP contribution in [0.4, 0.5) is 0 Å². The van der Waals surface area contributed by atoms with Gasteiger partial charge >= 0.3 is 0 Å². The van der Waals surface area contributed by atoms with E-state index in [0.29, 0.717) is 16.7 Å². The Morgan fingerprint density at radius 1 is 1.23 bits per heavy atom. The van der Waals surface area contributed by atoms with Crippen LogP contribution >= 0.6 is 0 Å². The van der Waals surface area contributed by atoms with Crippen molar-refractivity contribution < 1.29 is 0 Å². The molecule has 0 radical (unpaired) electrons. The molecule has 0 amide bonds. The predicted molar refractivity (Wildman–Crippen MR) is 57.8 cm³/mol. The Bertz CT molecular complexity index is 212. The van der Waals surface area contributed by atoms with Crippen LogP contribution in [0.25, 0.3) is 0 Å². The van der Waals surface area contributed by atoms with Crippen LogP contribution in [0.2, 0.25) is 0 Å². The Kier molecular flexibility index (Phi) is 2.44. The number of aliphatic imine (C=N–C) groups is 1. The first-order valence-electron chi connectivity index (χ1n) is 5.12. The Morgan fingerprint density at radius 2 is 1.69 bits per heavy atom. The number of amidine groups is 1. The molecule has 0 saturated heterocycles. The molecule has 0 aromatic rings. The van der Waals surface area contributed by atoms with E-state index in [-0.39, 0.29) is 0 Å². The van der Waals surface area contributed by atoms with E-state index in [0.717, 1.165) is 18.8 Å². The van der Waals surface area contributed by atoms with Gasteiger partial charge in [-0.25, -0.2) is 0 Å². The molecule has 2 heteroatoms. The van der Waals surface area contributed by atoms with Crippen molar-refractivity contribution in [1.29, 1.82) is 0 Å². The summed E-state index contributed by atoms with van der Waals surface area (Å²) in [6, 6.07) is 0. The summed E-state index contributed by atoms with van der Waals surface area (Å²) >= 11 is 0. The van der Waals surface area contributed by atoms with Crippen molar-refractivity contribution in [2.75, 3.05) is 6.54 Å². The lowest BCUT2D eigenvalue weighted by Gasteiger charge is -2.04. The monoisotopic (exact) mass is 182 g/mol. The van der Waals surface area contributed by atoms with Crippen molar-refractivity contribution in [3.8, 4) is 0 Å². The van der Waals surface area contributed by atoms with E-state index >= 15 is 0 Å². The van der Waals surface area contributed by atoms with Crippen molar-refractivity contribution in [1.82, 2.24) is 0 Å². The Balaban J connectivity index is 2.52. The van der Waals surface area contributed by atoms with Crippen LogP contribution < -0.4 is 5.73 Å². The highest BCUT2D eigenvalue weighted by molar-refractivity contribution is 5.79. The molecule has 2 N–H and O–H groups in total. The molecule has 13 heavy (non-hydrogen) atoms. The molecule has 1 saturated carbocycles. The van der Waals surface area contributed by atoms with Gasteiger partial charge in [0, 0.05) is 13.0 Å². The lowest BCUT2D eigenvalue weighted by Crippen LogP contribution is -2.11. The molecular formula is C11H22N2. The Labute approximate surface area is 81.6 Å². The highest BCUT2D eigenvalue weighted by atomic mass is 14.9. The van der Waals surface area contributed by atoms with E-state index in [4.69, 9.17) is 5.73 Å². The summed E-state index contributed by atoms with van der Waals surface area (Å²) in [5, 5.41) is 0.